The molecule has 1 aromatic rings. The van der Waals surface area contributed by atoms with Gasteiger partial charge in [-0.05, 0) is 107 Å². The van der Waals surface area contributed by atoms with Crippen molar-refractivity contribution in [2.45, 2.75) is 162 Å². The van der Waals surface area contributed by atoms with Crippen LogP contribution in [-0.4, -0.2) is 123 Å². The number of aliphatic hydroxyl groups is 4. The fourth-order valence-electron chi connectivity index (χ4n) is 10.0. The maximum Gasteiger partial charge on any atom is 0.407 e. The van der Waals surface area contributed by atoms with E-state index in [0.717, 1.165) is 62.8 Å². The van der Waals surface area contributed by atoms with E-state index >= 15 is 0 Å². The van der Waals surface area contributed by atoms with Gasteiger partial charge in [-0.25, -0.2) is 14.3 Å². The molecule has 4 rings (SSSR count). The van der Waals surface area contributed by atoms with Gasteiger partial charge in [0, 0.05) is 56.4 Å². The molecule has 2 aliphatic carbocycles. The van der Waals surface area contributed by atoms with Crippen LogP contribution >= 0.6 is 0 Å². The Balaban J connectivity index is 1.29. The first-order valence-corrected chi connectivity index (χ1v) is 25.9. The maximum absolute atomic E-state index is 13.2. The van der Waals surface area contributed by atoms with Crippen molar-refractivity contribution in [3.63, 3.8) is 0 Å². The normalized spacial score (nSPS) is 31.5. The van der Waals surface area contributed by atoms with Crippen molar-refractivity contribution in [3.05, 3.63) is 72.7 Å². The van der Waals surface area contributed by atoms with Crippen molar-refractivity contribution in [1.82, 2.24) is 20.3 Å². The topological polar surface area (TPSA) is 212 Å². The number of carbonyl (C=O) groups excluding carboxylic acids is 3. The number of allylic oxidation sites excluding steroid dienone is 4. The molecule has 69 heavy (non-hydrogen) atoms. The third-order valence-corrected chi connectivity index (χ3v) is 14.4. The predicted octanol–water partition coefficient (Wildman–Crippen LogP) is 7.21. The zero-order valence-corrected chi connectivity index (χ0v) is 42.2. The minimum absolute atomic E-state index is 0.00678. The summed E-state index contributed by atoms with van der Waals surface area (Å²) in [6, 6.07) is 0. The van der Waals surface area contributed by atoms with E-state index in [4.69, 9.17) is 18.9 Å². The Hall–Kier alpha value is -3.99. The second-order valence-electron chi connectivity index (χ2n) is 20.0. The summed E-state index contributed by atoms with van der Waals surface area (Å²) in [6.07, 6.45) is 21.0. The van der Waals surface area contributed by atoms with Gasteiger partial charge in [0.2, 0.25) is 0 Å². The number of nitrogens with one attached hydrogen (secondary N) is 1. The average Bonchev–Trinajstić information content (AvgIpc) is 3.82. The van der Waals surface area contributed by atoms with Crippen molar-refractivity contribution in [2.24, 2.45) is 47.3 Å². The van der Waals surface area contributed by atoms with Crippen LogP contribution in [0.25, 0.3) is 0 Å². The molecule has 0 aromatic carbocycles. The monoisotopic (exact) mass is 967 g/mol. The average molecular weight is 967 g/mol. The molecule has 2 heterocycles. The van der Waals surface area contributed by atoms with Gasteiger partial charge in [-0.2, -0.15) is 0 Å². The van der Waals surface area contributed by atoms with Crippen molar-refractivity contribution >= 4 is 17.8 Å². The number of fused-ring (bicyclic) bond motifs is 2. The van der Waals surface area contributed by atoms with Crippen LogP contribution in [-0.2, 0) is 47.9 Å². The molecule has 1 amide bonds. The first-order valence-electron chi connectivity index (χ1n) is 25.9. The highest BCUT2D eigenvalue weighted by Gasteiger charge is 2.50. The van der Waals surface area contributed by atoms with E-state index in [0.29, 0.717) is 96.0 Å². The summed E-state index contributed by atoms with van der Waals surface area (Å²) in [5.41, 5.74) is 2.19. The zero-order valence-electron chi connectivity index (χ0n) is 42.2. The van der Waals surface area contributed by atoms with Crippen LogP contribution in [0.2, 0.25) is 0 Å². The summed E-state index contributed by atoms with van der Waals surface area (Å²) in [7, 11) is 0. The second-order valence-corrected chi connectivity index (χ2v) is 20.0. The summed E-state index contributed by atoms with van der Waals surface area (Å²) >= 11 is 0. The second kappa shape index (κ2) is 31.4. The number of carbonyl (C=O) groups is 3. The van der Waals surface area contributed by atoms with Crippen LogP contribution in [0.5, 0.6) is 0 Å². The van der Waals surface area contributed by atoms with E-state index in [1.807, 2.05) is 43.7 Å². The summed E-state index contributed by atoms with van der Waals surface area (Å²) in [4.78, 5) is 36.6. The standard InChI is InChI=1S/C54H86N4O11/c1-7-8-15-38(3)53-41(6)50(62)27-22-37(2)34-39(4)49(61)20-13-19-43(60)35-51(63)42(17-9-10-21-52(64)69-53)18-11-12-29-58-48-26-24-45-44(23-25-47(48)56-57-58)46(45)36-68-54(65)55-28-31-67-33-32-66-30-14-16-40(5)59/h7-10,13,15,17,19,21,37-39,41-46,49-51,53,60-63H,1,11-12,14,16,18,20,22-36H2,2-6H3,(H,55,65)/b15-8-,17-9+,19-13-,21-10-/t37-,38-,39-,41-,42-,43+,44+,45-,46+,49-,50+,51-,53-/m0/s1. The first-order chi connectivity index (χ1) is 33.2. The van der Waals surface area contributed by atoms with Gasteiger partial charge in [0.25, 0.3) is 0 Å². The number of alkyl carbamates (subject to hydrolysis) is 1. The van der Waals surface area contributed by atoms with Gasteiger partial charge in [-0.1, -0.05) is 94.5 Å². The van der Waals surface area contributed by atoms with Crippen molar-refractivity contribution in [2.75, 3.05) is 39.6 Å². The van der Waals surface area contributed by atoms with Crippen LogP contribution in [0.4, 0.5) is 4.79 Å². The molecular weight excluding hydrogens is 881 g/mol. The fraction of sp³-hybridized carbons (Fsp3) is 0.722. The molecule has 0 spiro atoms. The minimum atomic E-state index is -0.902. The van der Waals surface area contributed by atoms with Gasteiger partial charge in [-0.3, -0.25) is 0 Å². The smallest absolute Gasteiger partial charge is 0.407 e. The van der Waals surface area contributed by atoms with Gasteiger partial charge >= 0.3 is 12.1 Å². The zero-order chi connectivity index (χ0) is 50.1. The number of aryl methyl sites for hydroxylation is 2. The Bertz CT molecular complexity index is 1810. The molecule has 0 radical (unpaired) electrons. The summed E-state index contributed by atoms with van der Waals surface area (Å²) in [5.74, 6) is 0.381. The van der Waals surface area contributed by atoms with E-state index < -0.39 is 42.6 Å². The number of Topliss-reactive ketones (excluding diaryl/α,β-unsaturated/α-hetero) is 1. The number of aromatic nitrogens is 3. The first kappa shape index (κ1) is 57.6. The van der Waals surface area contributed by atoms with E-state index in [2.05, 4.69) is 29.1 Å². The van der Waals surface area contributed by atoms with E-state index in [1.165, 1.54) is 6.08 Å². The Morgan fingerprint density at radius 2 is 1.68 bits per heavy atom. The molecule has 1 aliphatic heterocycles. The van der Waals surface area contributed by atoms with E-state index in [-0.39, 0.29) is 41.8 Å². The minimum Gasteiger partial charge on any atom is -0.458 e. The third kappa shape index (κ3) is 21.1. The number of hydrogen-bond acceptors (Lipinski definition) is 13. The number of esters is 1. The fourth-order valence-corrected chi connectivity index (χ4v) is 10.0. The van der Waals surface area contributed by atoms with Crippen LogP contribution in [0, 0.1) is 47.3 Å². The van der Waals surface area contributed by atoms with Gasteiger partial charge in [0.15, 0.2) is 0 Å². The molecule has 15 nitrogen and oxygen atoms in total. The molecule has 1 fully saturated rings. The van der Waals surface area contributed by atoms with E-state index in [9.17, 15) is 34.8 Å². The van der Waals surface area contributed by atoms with Crippen LogP contribution in [0.3, 0.4) is 0 Å². The third-order valence-electron chi connectivity index (χ3n) is 14.4. The lowest BCUT2D eigenvalue weighted by atomic mass is 9.84. The lowest BCUT2D eigenvalue weighted by Crippen LogP contribution is -2.37. The lowest BCUT2D eigenvalue weighted by molar-refractivity contribution is -0.150. The summed E-state index contributed by atoms with van der Waals surface area (Å²) < 4.78 is 24.6. The molecule has 0 saturated heterocycles. The highest BCUT2D eigenvalue weighted by Crippen LogP contribution is 2.53. The predicted molar refractivity (Wildman–Crippen MR) is 266 cm³/mol. The Kier molecular flexibility index (Phi) is 26.2. The SMILES string of the molecule is C=C/C=C\[C@H](C)[C@@H]1OC(=O)/C=C\C=C\[C@@H](CCCCn2nnc3c2CC[C@H]2[C@@H](CC3)[C@H]2COC(=O)NCCOCCOCCCC(C)=O)[C@@H](O)C[C@H](O)/C=C\C[C@H](O)[C@@H](C)C[C@@H](C)CC[C@@H](O)[C@@H]1C. The number of nitrogens with zero attached hydrogens (tertiary/aromatic N) is 3. The molecule has 5 N–H and O–H groups in total. The van der Waals surface area contributed by atoms with Crippen molar-refractivity contribution in [1.29, 1.82) is 0 Å². The van der Waals surface area contributed by atoms with Crippen LogP contribution < -0.4 is 5.32 Å². The number of rotatable bonds is 20. The van der Waals surface area contributed by atoms with Gasteiger partial charge in [-0.15, -0.1) is 5.10 Å². The van der Waals surface area contributed by atoms with Crippen molar-refractivity contribution < 1.29 is 53.8 Å². The number of unbranched alkanes of at least 4 members (excludes halogenated alkanes) is 1. The quantitative estimate of drug-likeness (QED) is 0.0379. The molecule has 388 valence electrons. The van der Waals surface area contributed by atoms with Gasteiger partial charge in [0.05, 0.1) is 62.2 Å². The largest absolute Gasteiger partial charge is 0.458 e. The van der Waals surface area contributed by atoms with E-state index in [1.54, 1.807) is 37.3 Å². The lowest BCUT2D eigenvalue weighted by Gasteiger charge is -2.31. The maximum atomic E-state index is 13.2. The van der Waals surface area contributed by atoms with Crippen molar-refractivity contribution in [3.8, 4) is 0 Å². The summed E-state index contributed by atoms with van der Waals surface area (Å²) in [5, 5.41) is 56.5. The Labute approximate surface area is 411 Å². The molecule has 13 atom stereocenters. The number of ketones is 1. The number of ether oxygens (including phenoxy) is 4. The molecular formula is C54H86N4O11. The van der Waals surface area contributed by atoms with Crippen LogP contribution in [0.15, 0.2) is 61.3 Å². The molecule has 1 aromatic heterocycles. The molecule has 0 bridgehead atoms. The Morgan fingerprint density at radius 1 is 0.928 bits per heavy atom. The highest BCUT2D eigenvalue weighted by atomic mass is 16.6. The number of hydrogen-bond donors (Lipinski definition) is 5. The highest BCUT2D eigenvalue weighted by molar-refractivity contribution is 5.82. The van der Waals surface area contributed by atoms with Gasteiger partial charge < -0.3 is 49.5 Å². The Morgan fingerprint density at radius 3 is 2.43 bits per heavy atom. The van der Waals surface area contributed by atoms with Gasteiger partial charge in [0.1, 0.15) is 11.9 Å². The number of cyclic esters (lactones) is 1. The number of amides is 1. The van der Waals surface area contributed by atoms with Crippen LogP contribution in [0.1, 0.15) is 123 Å². The number of aliphatic hydroxyl groups excluding tert-OH is 4. The molecule has 0 unspecified atom stereocenters. The summed E-state index contributed by atoms with van der Waals surface area (Å²) in [6.45, 7) is 16.5. The molecule has 3 aliphatic rings. The molecule has 15 heteroatoms. The molecule has 1 saturated carbocycles.